The van der Waals surface area contributed by atoms with Crippen molar-refractivity contribution in [3.05, 3.63) is 101 Å². The third-order valence-electron chi connectivity index (χ3n) is 7.19. The number of aliphatic carboxylic acids is 1. The average molecular weight is 541 g/mol. The molecule has 6 nitrogen and oxygen atoms in total. The molecule has 4 rings (SSSR count). The number of benzene rings is 2. The highest BCUT2D eigenvalue weighted by Crippen LogP contribution is 2.44. The molecular formula is C34H40N2O4. The fourth-order valence-corrected chi connectivity index (χ4v) is 4.87. The van der Waals surface area contributed by atoms with E-state index in [4.69, 9.17) is 14.9 Å². The summed E-state index contributed by atoms with van der Waals surface area (Å²) < 4.78 is 7.33. The van der Waals surface area contributed by atoms with Crippen molar-refractivity contribution in [2.24, 2.45) is 5.92 Å². The van der Waals surface area contributed by atoms with Crippen molar-refractivity contribution in [1.82, 2.24) is 9.78 Å². The molecule has 1 aliphatic carbocycles. The van der Waals surface area contributed by atoms with Crippen LogP contribution in [0.25, 0.3) is 5.69 Å². The van der Waals surface area contributed by atoms with E-state index >= 15 is 0 Å². The van der Waals surface area contributed by atoms with Crippen molar-refractivity contribution < 1.29 is 19.4 Å². The minimum absolute atomic E-state index is 0.0344. The number of ketones is 1. The second kappa shape index (κ2) is 13.9. The molecule has 1 aromatic heterocycles. The van der Waals surface area contributed by atoms with Gasteiger partial charge < -0.3 is 9.84 Å². The molecule has 1 saturated carbocycles. The second-order valence-electron chi connectivity index (χ2n) is 11.0. The number of hydrogen-bond donors (Lipinski definition) is 1. The van der Waals surface area contributed by atoms with E-state index in [-0.39, 0.29) is 24.5 Å². The Morgan fingerprint density at radius 2 is 1.77 bits per heavy atom. The highest BCUT2D eigenvalue weighted by molar-refractivity contribution is 5.97. The van der Waals surface area contributed by atoms with Crippen LogP contribution in [0.4, 0.5) is 0 Å². The van der Waals surface area contributed by atoms with Crippen LogP contribution < -0.4 is 4.74 Å². The number of nitrogens with zero attached hydrogens (tertiary/aromatic N) is 2. The zero-order valence-corrected chi connectivity index (χ0v) is 23.8. The van der Waals surface area contributed by atoms with E-state index in [1.165, 1.54) is 24.1 Å². The first-order valence-corrected chi connectivity index (χ1v) is 14.2. The lowest BCUT2D eigenvalue weighted by Gasteiger charge is -2.15. The molecule has 0 amide bonds. The van der Waals surface area contributed by atoms with E-state index in [1.54, 1.807) is 19.3 Å². The van der Waals surface area contributed by atoms with Crippen molar-refractivity contribution in [3.63, 3.8) is 0 Å². The highest BCUT2D eigenvalue weighted by atomic mass is 16.5. The van der Waals surface area contributed by atoms with Crippen LogP contribution in [0, 0.1) is 5.92 Å². The van der Waals surface area contributed by atoms with Gasteiger partial charge in [0, 0.05) is 42.0 Å². The van der Waals surface area contributed by atoms with Gasteiger partial charge in [0.05, 0.1) is 18.5 Å². The number of carboxylic acids is 1. The Balaban J connectivity index is 1.43. The van der Waals surface area contributed by atoms with Gasteiger partial charge in [-0.3, -0.25) is 9.59 Å². The van der Waals surface area contributed by atoms with Crippen molar-refractivity contribution in [3.8, 4) is 11.4 Å². The Morgan fingerprint density at radius 1 is 1.05 bits per heavy atom. The van der Waals surface area contributed by atoms with E-state index < -0.39 is 5.97 Å². The number of Topliss-reactive ketones (excluding diaryl/α,β-unsaturated/α-hetero) is 1. The largest absolute Gasteiger partial charge is 0.497 e. The van der Waals surface area contributed by atoms with Crippen LogP contribution >= 0.6 is 0 Å². The summed E-state index contributed by atoms with van der Waals surface area (Å²) in [4.78, 5) is 23.0. The number of aromatic nitrogens is 2. The van der Waals surface area contributed by atoms with E-state index in [0.29, 0.717) is 23.8 Å². The first-order chi connectivity index (χ1) is 19.3. The van der Waals surface area contributed by atoms with Gasteiger partial charge in [-0.2, -0.15) is 5.10 Å². The van der Waals surface area contributed by atoms with Crippen molar-refractivity contribution in [2.75, 3.05) is 7.11 Å². The quantitative estimate of drug-likeness (QED) is 0.158. The molecule has 0 spiro atoms. The summed E-state index contributed by atoms with van der Waals surface area (Å²) in [7, 11) is 1.68. The predicted molar refractivity (Wildman–Crippen MR) is 159 cm³/mol. The first kappa shape index (κ1) is 29.1. The number of hydrogen-bond acceptors (Lipinski definition) is 4. The van der Waals surface area contributed by atoms with E-state index in [0.717, 1.165) is 29.8 Å². The zero-order chi connectivity index (χ0) is 28.5. The number of ether oxygens (including phenoxy) is 1. The molecule has 2 aromatic carbocycles. The molecule has 0 saturated heterocycles. The topological polar surface area (TPSA) is 81.4 Å². The predicted octanol–water partition coefficient (Wildman–Crippen LogP) is 7.68. The summed E-state index contributed by atoms with van der Waals surface area (Å²) in [6, 6.07) is 15.8. The molecule has 1 heterocycles. The van der Waals surface area contributed by atoms with Crippen LogP contribution in [0.3, 0.4) is 0 Å². The average Bonchev–Trinajstić information content (AvgIpc) is 3.70. The Bertz CT molecular complexity index is 1330. The maximum atomic E-state index is 12.4. The maximum absolute atomic E-state index is 12.4. The van der Waals surface area contributed by atoms with Crippen LogP contribution in [-0.2, 0) is 11.2 Å². The minimum atomic E-state index is -0.830. The maximum Gasteiger partial charge on any atom is 0.303 e. The monoisotopic (exact) mass is 540 g/mol. The molecule has 1 atom stereocenters. The number of carboxylic acid groups (broad SMARTS) is 1. The van der Waals surface area contributed by atoms with Gasteiger partial charge in [-0.25, -0.2) is 4.68 Å². The summed E-state index contributed by atoms with van der Waals surface area (Å²) in [5.74, 6) is 1.43. The lowest BCUT2D eigenvalue weighted by molar-refractivity contribution is -0.136. The molecular weight excluding hydrogens is 500 g/mol. The van der Waals surface area contributed by atoms with Crippen LogP contribution in [0.5, 0.6) is 5.75 Å². The van der Waals surface area contributed by atoms with Gasteiger partial charge in [0.25, 0.3) is 0 Å². The third-order valence-corrected chi connectivity index (χ3v) is 7.19. The third kappa shape index (κ3) is 8.28. The second-order valence-corrected chi connectivity index (χ2v) is 11.0. The fourth-order valence-electron chi connectivity index (χ4n) is 4.87. The van der Waals surface area contributed by atoms with Crippen LogP contribution in [0.2, 0.25) is 0 Å². The standard InChI is InChI=1S/C34H40N2O4/c1-24(2)22-28(31-23-36(35-34(31)27-16-17-27)29-18-20-30(40-3)21-19-29)9-7-8-25-12-14-26(15-13-25)32(37)10-5-4-6-11-33(38)39/h4-5,7,9,12-15,18-21,23-24,27-28H,6,8,10-11,16-17,22H2,1-3H3,(H,38,39)/b5-4+,9-7+. The van der Waals surface area contributed by atoms with Crippen LogP contribution in [0.1, 0.15) is 91.4 Å². The molecule has 1 unspecified atom stereocenters. The zero-order valence-electron chi connectivity index (χ0n) is 23.8. The number of carbonyl (C=O) groups excluding carboxylic acids is 1. The van der Waals surface area contributed by atoms with Crippen molar-refractivity contribution in [2.45, 2.75) is 70.6 Å². The Hall–Kier alpha value is -3.93. The lowest BCUT2D eigenvalue weighted by Crippen LogP contribution is -2.02. The summed E-state index contributed by atoms with van der Waals surface area (Å²) in [5.41, 5.74) is 5.41. The summed E-state index contributed by atoms with van der Waals surface area (Å²) in [6.07, 6.45) is 15.4. The number of allylic oxidation sites excluding steroid dienone is 4. The smallest absolute Gasteiger partial charge is 0.303 e. The fraction of sp³-hybridized carbons (Fsp3) is 0.382. The van der Waals surface area contributed by atoms with Gasteiger partial charge in [0.2, 0.25) is 0 Å². The number of rotatable bonds is 15. The van der Waals surface area contributed by atoms with Crippen LogP contribution in [0.15, 0.2) is 79.0 Å². The molecule has 1 fully saturated rings. The molecule has 3 aromatic rings. The van der Waals surface area contributed by atoms with Gasteiger partial charge >= 0.3 is 5.97 Å². The van der Waals surface area contributed by atoms with Gasteiger partial charge in [-0.15, -0.1) is 0 Å². The van der Waals surface area contributed by atoms with E-state index in [1.807, 2.05) is 53.2 Å². The number of carbonyl (C=O) groups is 2. The molecule has 0 bridgehead atoms. The van der Waals surface area contributed by atoms with E-state index in [2.05, 4.69) is 32.2 Å². The molecule has 0 radical (unpaired) electrons. The molecule has 1 aliphatic rings. The Morgan fingerprint density at radius 3 is 2.40 bits per heavy atom. The number of methoxy groups -OCH3 is 1. The lowest BCUT2D eigenvalue weighted by atomic mass is 9.89. The molecule has 1 N–H and O–H groups in total. The van der Waals surface area contributed by atoms with Crippen molar-refractivity contribution >= 4 is 11.8 Å². The summed E-state index contributed by atoms with van der Waals surface area (Å²) in [6.45, 7) is 4.53. The van der Waals surface area contributed by atoms with Gasteiger partial charge in [0.1, 0.15) is 5.75 Å². The van der Waals surface area contributed by atoms with Gasteiger partial charge in [0.15, 0.2) is 5.78 Å². The molecule has 210 valence electrons. The Kier molecular flexibility index (Phi) is 10.1. The SMILES string of the molecule is COc1ccc(-n2cc(C(/C=C/Cc3ccc(C(=O)C/C=C/CCC(=O)O)cc3)CC(C)C)c(C3CC3)n2)cc1. The highest BCUT2D eigenvalue weighted by Gasteiger charge is 2.31. The first-order valence-electron chi connectivity index (χ1n) is 14.2. The van der Waals surface area contributed by atoms with Crippen LogP contribution in [-0.4, -0.2) is 33.7 Å². The molecule has 6 heteroatoms. The summed E-state index contributed by atoms with van der Waals surface area (Å²) in [5, 5.41) is 13.7. The Labute approximate surface area is 237 Å². The molecule has 40 heavy (non-hydrogen) atoms. The summed E-state index contributed by atoms with van der Waals surface area (Å²) >= 11 is 0. The van der Waals surface area contributed by atoms with E-state index in [9.17, 15) is 9.59 Å². The van der Waals surface area contributed by atoms with Gasteiger partial charge in [-0.05, 0) is 67.9 Å². The minimum Gasteiger partial charge on any atom is -0.497 e. The van der Waals surface area contributed by atoms with Crippen molar-refractivity contribution in [1.29, 1.82) is 0 Å². The van der Waals surface area contributed by atoms with Gasteiger partial charge in [-0.1, -0.05) is 62.4 Å². The normalized spacial score (nSPS) is 14.3. The molecule has 0 aliphatic heterocycles.